The van der Waals surface area contributed by atoms with Crippen molar-refractivity contribution >= 4 is 0 Å². The van der Waals surface area contributed by atoms with E-state index in [-0.39, 0.29) is 12.5 Å². The van der Waals surface area contributed by atoms with E-state index in [2.05, 4.69) is 17.1 Å². The van der Waals surface area contributed by atoms with E-state index >= 15 is 0 Å². The van der Waals surface area contributed by atoms with Crippen molar-refractivity contribution in [2.75, 3.05) is 19.6 Å². The van der Waals surface area contributed by atoms with E-state index < -0.39 is 12.6 Å². The van der Waals surface area contributed by atoms with Gasteiger partial charge >= 0.3 is 6.18 Å². The molecule has 0 aromatic heterocycles. The van der Waals surface area contributed by atoms with E-state index in [0.717, 1.165) is 19.6 Å². The van der Waals surface area contributed by atoms with Crippen molar-refractivity contribution in [3.8, 4) is 0 Å². The Morgan fingerprint density at radius 3 is 2.69 bits per heavy atom. The molecule has 0 aromatic rings. The zero-order valence-corrected chi connectivity index (χ0v) is 9.98. The third-order valence-electron chi connectivity index (χ3n) is 3.11. The fraction of sp³-hybridized carbons (Fsp3) is 1.00. The predicted molar refractivity (Wildman–Crippen MR) is 58.4 cm³/mol. The van der Waals surface area contributed by atoms with Crippen LogP contribution in [0, 0.1) is 0 Å². The maximum Gasteiger partial charge on any atom is 0.389 e. The highest BCUT2D eigenvalue weighted by Gasteiger charge is 2.27. The number of halogens is 3. The summed E-state index contributed by atoms with van der Waals surface area (Å²) in [6.45, 7) is 6.94. The normalized spacial score (nSPS) is 25.7. The number of rotatable bonds is 4. The lowest BCUT2D eigenvalue weighted by Crippen LogP contribution is -2.52. The zero-order chi connectivity index (χ0) is 12.2. The van der Waals surface area contributed by atoms with Gasteiger partial charge in [0.2, 0.25) is 0 Å². The van der Waals surface area contributed by atoms with Crippen LogP contribution in [0.25, 0.3) is 0 Å². The fourth-order valence-corrected chi connectivity index (χ4v) is 2.14. The number of nitrogens with zero attached hydrogens (tertiary/aromatic N) is 1. The lowest BCUT2D eigenvalue weighted by atomic mass is 10.1. The average Bonchev–Trinajstić information content (AvgIpc) is 2.15. The van der Waals surface area contributed by atoms with Crippen LogP contribution in [0.3, 0.4) is 0 Å². The van der Waals surface area contributed by atoms with Gasteiger partial charge in [0.15, 0.2) is 0 Å². The lowest BCUT2D eigenvalue weighted by Gasteiger charge is -2.36. The van der Waals surface area contributed by atoms with Crippen LogP contribution in [0.5, 0.6) is 0 Å². The Morgan fingerprint density at radius 2 is 2.12 bits per heavy atom. The van der Waals surface area contributed by atoms with Gasteiger partial charge in [0, 0.05) is 38.1 Å². The van der Waals surface area contributed by atoms with Crippen molar-refractivity contribution in [3.05, 3.63) is 0 Å². The Balaban J connectivity index is 2.21. The van der Waals surface area contributed by atoms with E-state index in [1.165, 1.54) is 0 Å². The molecule has 2 nitrogen and oxygen atoms in total. The number of nitrogens with one attached hydrogen (secondary N) is 1. The van der Waals surface area contributed by atoms with Gasteiger partial charge in [-0.2, -0.15) is 13.2 Å². The molecule has 1 rings (SSSR count). The molecule has 1 N–H and O–H groups in total. The predicted octanol–water partition coefficient (Wildman–Crippen LogP) is 2.40. The van der Waals surface area contributed by atoms with E-state index in [1.54, 1.807) is 0 Å². The summed E-state index contributed by atoms with van der Waals surface area (Å²) in [5.74, 6) is 0. The summed E-state index contributed by atoms with van der Waals surface area (Å²) in [4.78, 5) is 2.28. The quantitative estimate of drug-likeness (QED) is 0.809. The Morgan fingerprint density at radius 1 is 1.44 bits per heavy atom. The van der Waals surface area contributed by atoms with Gasteiger partial charge in [-0.3, -0.25) is 4.90 Å². The second kappa shape index (κ2) is 5.87. The molecule has 2 unspecified atom stereocenters. The second-order valence-corrected chi connectivity index (χ2v) is 4.71. The fourth-order valence-electron chi connectivity index (χ4n) is 2.14. The molecule has 0 radical (unpaired) electrons. The summed E-state index contributed by atoms with van der Waals surface area (Å²) < 4.78 is 36.0. The lowest BCUT2D eigenvalue weighted by molar-refractivity contribution is -0.136. The second-order valence-electron chi connectivity index (χ2n) is 4.71. The van der Waals surface area contributed by atoms with Crippen LogP contribution in [-0.4, -0.2) is 42.8 Å². The first-order valence-electron chi connectivity index (χ1n) is 5.92. The van der Waals surface area contributed by atoms with Gasteiger partial charge in [-0.1, -0.05) is 0 Å². The molecule has 0 aromatic carbocycles. The first kappa shape index (κ1) is 13.8. The molecule has 1 aliphatic rings. The van der Waals surface area contributed by atoms with Crippen molar-refractivity contribution in [2.45, 2.75) is 51.4 Å². The van der Waals surface area contributed by atoms with Gasteiger partial charge < -0.3 is 5.32 Å². The molecule has 0 amide bonds. The summed E-state index contributed by atoms with van der Waals surface area (Å²) in [6, 6.07) is 0.700. The third kappa shape index (κ3) is 5.16. The Hall–Kier alpha value is -0.290. The highest BCUT2D eigenvalue weighted by molar-refractivity contribution is 4.78. The van der Waals surface area contributed by atoms with Crippen LogP contribution < -0.4 is 5.32 Å². The molecular weight excluding hydrogens is 217 g/mol. The highest BCUT2D eigenvalue weighted by Crippen LogP contribution is 2.23. The van der Waals surface area contributed by atoms with E-state index in [4.69, 9.17) is 0 Å². The van der Waals surface area contributed by atoms with E-state index in [0.29, 0.717) is 12.5 Å². The van der Waals surface area contributed by atoms with Crippen LogP contribution in [0.2, 0.25) is 0 Å². The number of hydrogen-bond donors (Lipinski definition) is 1. The number of piperazine rings is 1. The maximum absolute atomic E-state index is 12.0. The standard InChI is InChI=1S/C11H21F3N2/c1-9-8-16(7-6-15-9)10(2)4-3-5-11(12,13)14/h9-10,15H,3-8H2,1-2H3. The van der Waals surface area contributed by atoms with E-state index in [9.17, 15) is 13.2 Å². The molecule has 1 fully saturated rings. The first-order valence-corrected chi connectivity index (χ1v) is 5.92. The highest BCUT2D eigenvalue weighted by atomic mass is 19.4. The largest absolute Gasteiger partial charge is 0.389 e. The van der Waals surface area contributed by atoms with Gasteiger partial charge in [-0.25, -0.2) is 0 Å². The van der Waals surface area contributed by atoms with Crippen LogP contribution in [-0.2, 0) is 0 Å². The van der Waals surface area contributed by atoms with Gasteiger partial charge in [-0.15, -0.1) is 0 Å². The van der Waals surface area contributed by atoms with Crippen molar-refractivity contribution in [1.82, 2.24) is 10.2 Å². The molecule has 2 atom stereocenters. The van der Waals surface area contributed by atoms with Crippen LogP contribution >= 0.6 is 0 Å². The van der Waals surface area contributed by atoms with Gasteiger partial charge in [0.05, 0.1) is 0 Å². The third-order valence-corrected chi connectivity index (χ3v) is 3.11. The Kier molecular flexibility index (Phi) is 5.05. The van der Waals surface area contributed by atoms with Gasteiger partial charge in [-0.05, 0) is 26.7 Å². The average molecular weight is 238 g/mol. The van der Waals surface area contributed by atoms with E-state index in [1.807, 2.05) is 6.92 Å². The summed E-state index contributed by atoms with van der Waals surface area (Å²) >= 11 is 0. The summed E-state index contributed by atoms with van der Waals surface area (Å²) in [5, 5.41) is 3.33. The minimum Gasteiger partial charge on any atom is -0.312 e. The molecule has 1 heterocycles. The minimum atomic E-state index is -4.00. The zero-order valence-electron chi connectivity index (χ0n) is 9.98. The number of hydrogen-bond acceptors (Lipinski definition) is 2. The molecule has 0 aliphatic carbocycles. The Bertz CT molecular complexity index is 206. The smallest absolute Gasteiger partial charge is 0.312 e. The molecular formula is C11H21F3N2. The maximum atomic E-state index is 12.0. The van der Waals surface area contributed by atoms with Crippen LogP contribution in [0.1, 0.15) is 33.1 Å². The molecule has 1 saturated heterocycles. The minimum absolute atomic E-state index is 0.239. The molecule has 1 aliphatic heterocycles. The summed E-state index contributed by atoms with van der Waals surface area (Å²) in [6.07, 6.45) is -3.79. The monoisotopic (exact) mass is 238 g/mol. The Labute approximate surface area is 95.2 Å². The summed E-state index contributed by atoms with van der Waals surface area (Å²) in [5.41, 5.74) is 0. The van der Waals surface area contributed by atoms with Crippen molar-refractivity contribution < 1.29 is 13.2 Å². The van der Waals surface area contributed by atoms with Crippen LogP contribution in [0.15, 0.2) is 0 Å². The van der Waals surface area contributed by atoms with Gasteiger partial charge in [0.25, 0.3) is 0 Å². The molecule has 16 heavy (non-hydrogen) atoms. The molecule has 0 spiro atoms. The SMILES string of the molecule is CC1CN(C(C)CCCC(F)(F)F)CCN1. The molecule has 0 bridgehead atoms. The van der Waals surface area contributed by atoms with Crippen molar-refractivity contribution in [2.24, 2.45) is 0 Å². The molecule has 96 valence electrons. The molecule has 0 saturated carbocycles. The van der Waals surface area contributed by atoms with Crippen LogP contribution in [0.4, 0.5) is 13.2 Å². The van der Waals surface area contributed by atoms with Crippen molar-refractivity contribution in [3.63, 3.8) is 0 Å². The topological polar surface area (TPSA) is 15.3 Å². The molecule has 5 heteroatoms. The first-order chi connectivity index (χ1) is 7.38. The summed E-state index contributed by atoms with van der Waals surface area (Å²) in [7, 11) is 0. The van der Waals surface area contributed by atoms with Gasteiger partial charge in [0.1, 0.15) is 0 Å². The number of alkyl halides is 3. The van der Waals surface area contributed by atoms with Crippen molar-refractivity contribution in [1.29, 1.82) is 0 Å².